The third kappa shape index (κ3) is 3.66. The minimum absolute atomic E-state index is 0.621. The summed E-state index contributed by atoms with van der Waals surface area (Å²) in [6.45, 7) is 2.82. The van der Waals surface area contributed by atoms with E-state index in [-0.39, 0.29) is 0 Å². The number of anilines is 1. The van der Waals surface area contributed by atoms with Gasteiger partial charge in [-0.1, -0.05) is 0 Å². The van der Waals surface area contributed by atoms with Crippen LogP contribution >= 0.6 is 7.49 Å². The number of nitrogen functional groups attached to an aromatic ring is 1. The van der Waals surface area contributed by atoms with Crippen LogP contribution in [-0.2, 0) is 6.54 Å². The van der Waals surface area contributed by atoms with Crippen molar-refractivity contribution in [3.63, 3.8) is 0 Å². The summed E-state index contributed by atoms with van der Waals surface area (Å²) in [7, 11) is -0.805. The summed E-state index contributed by atoms with van der Waals surface area (Å²) in [5.41, 5.74) is 7.83. The zero-order valence-electron chi connectivity index (χ0n) is 13.5. The quantitative estimate of drug-likeness (QED) is 0.665. The Morgan fingerprint density at radius 1 is 1.13 bits per heavy atom. The van der Waals surface area contributed by atoms with Crippen molar-refractivity contribution in [2.24, 2.45) is 0 Å². The van der Waals surface area contributed by atoms with E-state index in [2.05, 4.69) is 29.2 Å². The molecule has 0 aromatic heterocycles. The number of nitrogens with zero attached hydrogens (tertiary/aromatic N) is 1. The molecule has 1 fully saturated rings. The SMILES string of the molecule is COc1cc([PH]2(O)CCN(Cc3ccccc3)CC2)ccc1N. The third-order valence-electron chi connectivity index (χ3n) is 4.70. The summed E-state index contributed by atoms with van der Waals surface area (Å²) in [6.07, 6.45) is 1.71. The third-order valence-corrected chi connectivity index (χ3v) is 8.19. The van der Waals surface area contributed by atoms with Gasteiger partial charge in [0.1, 0.15) is 0 Å². The second-order valence-electron chi connectivity index (χ2n) is 6.25. The first-order chi connectivity index (χ1) is 11.1. The molecule has 1 aliphatic rings. The van der Waals surface area contributed by atoms with E-state index in [1.54, 1.807) is 7.11 Å². The van der Waals surface area contributed by atoms with Crippen molar-refractivity contribution in [3.05, 3.63) is 54.1 Å². The summed E-state index contributed by atoms with van der Waals surface area (Å²) >= 11 is 0. The molecule has 0 bridgehead atoms. The standard InChI is InChI=1S/C18H25N2O2P/c1-22-18-13-16(7-8-17(18)19)23(21)11-9-20(10-12-23)14-15-5-3-2-4-6-15/h2-8,13,21,23H,9-12,14,19H2,1H3. The molecule has 0 atom stereocenters. The predicted molar refractivity (Wildman–Crippen MR) is 99.0 cm³/mol. The maximum absolute atomic E-state index is 11.2. The van der Waals surface area contributed by atoms with Gasteiger partial charge in [0, 0.05) is 0 Å². The number of hydrogen-bond donors (Lipinski definition) is 2. The van der Waals surface area contributed by atoms with Gasteiger partial charge in [0.25, 0.3) is 0 Å². The maximum atomic E-state index is 11.2. The molecule has 3 rings (SSSR count). The van der Waals surface area contributed by atoms with Crippen molar-refractivity contribution in [2.75, 3.05) is 38.3 Å². The van der Waals surface area contributed by atoms with Crippen LogP contribution in [0.4, 0.5) is 5.69 Å². The zero-order valence-corrected chi connectivity index (χ0v) is 14.5. The summed E-state index contributed by atoms with van der Waals surface area (Å²) in [4.78, 5) is 13.6. The summed E-state index contributed by atoms with van der Waals surface area (Å²) in [5, 5.41) is 1.03. The molecule has 4 nitrogen and oxygen atoms in total. The van der Waals surface area contributed by atoms with Crippen LogP contribution in [0.3, 0.4) is 0 Å². The molecule has 0 aliphatic carbocycles. The normalized spacial score (nSPS) is 19.2. The molecule has 2 aromatic rings. The van der Waals surface area contributed by atoms with E-state index in [4.69, 9.17) is 10.5 Å². The fourth-order valence-electron chi connectivity index (χ4n) is 3.21. The van der Waals surface area contributed by atoms with Gasteiger partial charge in [0.15, 0.2) is 0 Å². The number of benzene rings is 2. The molecular weight excluding hydrogens is 307 g/mol. The van der Waals surface area contributed by atoms with E-state index in [0.29, 0.717) is 11.4 Å². The van der Waals surface area contributed by atoms with Gasteiger partial charge < -0.3 is 0 Å². The Morgan fingerprint density at radius 2 is 1.83 bits per heavy atom. The predicted octanol–water partition coefficient (Wildman–Crippen LogP) is 2.08. The second kappa shape index (κ2) is 6.88. The second-order valence-corrected chi connectivity index (χ2v) is 9.89. The number of nitrogens with two attached hydrogens (primary N) is 1. The molecule has 2 aromatic carbocycles. The van der Waals surface area contributed by atoms with E-state index in [1.807, 2.05) is 24.3 Å². The van der Waals surface area contributed by atoms with E-state index in [9.17, 15) is 4.89 Å². The molecule has 1 saturated heterocycles. The summed E-state index contributed by atoms with van der Waals surface area (Å²) in [6, 6.07) is 16.2. The van der Waals surface area contributed by atoms with Crippen molar-refractivity contribution >= 4 is 18.5 Å². The van der Waals surface area contributed by atoms with Crippen LogP contribution in [0.1, 0.15) is 5.56 Å². The molecule has 0 unspecified atom stereocenters. The van der Waals surface area contributed by atoms with Gasteiger partial charge in [0.05, 0.1) is 0 Å². The fraction of sp³-hybridized carbons (Fsp3) is 0.333. The number of ether oxygens (including phenoxy) is 1. The van der Waals surface area contributed by atoms with Gasteiger partial charge in [-0.15, -0.1) is 0 Å². The van der Waals surface area contributed by atoms with Gasteiger partial charge in [-0.05, 0) is 0 Å². The Labute approximate surface area is 138 Å². The molecule has 1 aliphatic heterocycles. The molecule has 3 N–H and O–H groups in total. The first kappa shape index (κ1) is 16.3. The van der Waals surface area contributed by atoms with E-state index in [0.717, 1.165) is 37.3 Å². The number of methoxy groups -OCH3 is 1. The van der Waals surface area contributed by atoms with Crippen LogP contribution in [0.2, 0.25) is 0 Å². The van der Waals surface area contributed by atoms with Gasteiger partial charge in [0.2, 0.25) is 0 Å². The summed E-state index contributed by atoms with van der Waals surface area (Å²) < 4.78 is 5.30. The molecule has 23 heavy (non-hydrogen) atoms. The van der Waals surface area contributed by atoms with E-state index >= 15 is 0 Å². The number of hydrogen-bond acceptors (Lipinski definition) is 4. The average Bonchev–Trinajstić information content (AvgIpc) is 2.58. The number of rotatable bonds is 4. The zero-order chi connectivity index (χ0) is 16.3. The van der Waals surface area contributed by atoms with Crippen molar-refractivity contribution in [1.29, 1.82) is 0 Å². The van der Waals surface area contributed by atoms with Gasteiger partial charge in [-0.3, -0.25) is 0 Å². The average molecular weight is 332 g/mol. The monoisotopic (exact) mass is 332 g/mol. The summed E-state index contributed by atoms with van der Waals surface area (Å²) in [5.74, 6) is 0.662. The van der Waals surface area contributed by atoms with Gasteiger partial charge in [-0.25, -0.2) is 0 Å². The van der Waals surface area contributed by atoms with Crippen molar-refractivity contribution in [1.82, 2.24) is 4.90 Å². The van der Waals surface area contributed by atoms with Crippen molar-refractivity contribution in [3.8, 4) is 5.75 Å². The Balaban J connectivity index is 1.67. The first-order valence-electron chi connectivity index (χ1n) is 8.03. The Kier molecular flexibility index (Phi) is 4.86. The van der Waals surface area contributed by atoms with Gasteiger partial charge >= 0.3 is 138 Å². The molecule has 1 heterocycles. The first-order valence-corrected chi connectivity index (χ1v) is 10.4. The van der Waals surface area contributed by atoms with Crippen molar-refractivity contribution in [2.45, 2.75) is 6.54 Å². The van der Waals surface area contributed by atoms with E-state index < -0.39 is 7.49 Å². The molecule has 0 radical (unpaired) electrons. The molecule has 5 heteroatoms. The Bertz CT molecular complexity index is 655. The Morgan fingerprint density at radius 3 is 2.48 bits per heavy atom. The van der Waals surface area contributed by atoms with Crippen LogP contribution < -0.4 is 15.8 Å². The minimum atomic E-state index is -2.42. The van der Waals surface area contributed by atoms with Gasteiger partial charge in [-0.2, -0.15) is 0 Å². The molecule has 0 spiro atoms. The van der Waals surface area contributed by atoms with Crippen LogP contribution in [0.25, 0.3) is 0 Å². The van der Waals surface area contributed by atoms with E-state index in [1.165, 1.54) is 5.56 Å². The molecular formula is C18H25N2O2P. The van der Waals surface area contributed by atoms with Crippen LogP contribution in [0.15, 0.2) is 48.5 Å². The fourth-order valence-corrected chi connectivity index (χ4v) is 6.20. The topological polar surface area (TPSA) is 58.7 Å². The molecule has 0 amide bonds. The molecule has 124 valence electrons. The van der Waals surface area contributed by atoms with Crippen LogP contribution in [0, 0.1) is 0 Å². The van der Waals surface area contributed by atoms with Crippen LogP contribution in [-0.4, -0.2) is 42.3 Å². The molecule has 0 saturated carbocycles. The van der Waals surface area contributed by atoms with Crippen molar-refractivity contribution < 1.29 is 9.63 Å². The Hall–Kier alpha value is -1.61. The van der Waals surface area contributed by atoms with Crippen LogP contribution in [0.5, 0.6) is 5.75 Å².